The number of anilines is 1. The summed E-state index contributed by atoms with van der Waals surface area (Å²) in [6.45, 7) is 12.4. The molecule has 2 amide bonds. The van der Waals surface area contributed by atoms with Gasteiger partial charge >= 0.3 is 0 Å². The summed E-state index contributed by atoms with van der Waals surface area (Å²) >= 11 is 14.8. The lowest BCUT2D eigenvalue weighted by molar-refractivity contribution is -0.140. The third-order valence-corrected chi connectivity index (χ3v) is 16.8. The van der Waals surface area contributed by atoms with Gasteiger partial charge in [0, 0.05) is 29.2 Å². The van der Waals surface area contributed by atoms with Crippen LogP contribution in [0.3, 0.4) is 0 Å². The van der Waals surface area contributed by atoms with Crippen LogP contribution < -0.4 is 26.6 Å². The topological polar surface area (TPSA) is 132 Å². The Morgan fingerprint density at radius 3 is 1.69 bits per heavy atom. The molecule has 10 nitrogen and oxygen atoms in total. The molecule has 2 aromatic carbocycles. The van der Waals surface area contributed by atoms with Crippen molar-refractivity contribution >= 4 is 195 Å². The van der Waals surface area contributed by atoms with E-state index in [0.717, 1.165) is 48.3 Å². The Kier molecular flexibility index (Phi) is 33.5. The molecule has 0 aromatic heterocycles. The van der Waals surface area contributed by atoms with Gasteiger partial charge in [-0.2, -0.15) is 120 Å². The summed E-state index contributed by atoms with van der Waals surface area (Å²) in [5.41, 5.74) is 3.32. The number of ketones is 2. The Balaban J connectivity index is -0.00000528. The SMILES string of the molecule is CN[C@@H](C)C(=S)N[C@H]1CCS[C@H]2CC(C)(C)[C@@H](C(=O)Cc3ccc(CCc4ccc(NC(=O)C5N6C(=O)[C@@H](NC(=S)[C@H](C)NC)CCS[C@H]6CC5(C)C)cc4)cc3)C2C1=O.S.S.S.S.S.S.S.S. The van der Waals surface area contributed by atoms with Gasteiger partial charge in [-0.25, -0.2) is 0 Å². The largest absolute Gasteiger partial charge is 0.369 e. The number of hydrogen-bond acceptors (Lipinski definition) is 10. The second-order valence-electron chi connectivity index (χ2n) is 18.5. The molecule has 9 atom stereocenters. The zero-order chi connectivity index (χ0) is 43.5. The number of Topliss-reactive ketones (excluding diaryl/α,β-unsaturated/α-hetero) is 2. The summed E-state index contributed by atoms with van der Waals surface area (Å²) in [6.07, 6.45) is 4.91. The van der Waals surface area contributed by atoms with E-state index in [1.807, 2.05) is 68.9 Å². The molecule has 0 spiro atoms. The van der Waals surface area contributed by atoms with E-state index in [0.29, 0.717) is 34.9 Å². The van der Waals surface area contributed by atoms with E-state index in [-0.39, 0.29) is 177 Å². The monoisotopic (exact) mass is 1160 g/mol. The van der Waals surface area contributed by atoms with E-state index in [4.69, 9.17) is 24.4 Å². The molecule has 4 aliphatic rings. The van der Waals surface area contributed by atoms with Gasteiger partial charge in [-0.1, -0.05) is 88.5 Å². The lowest BCUT2D eigenvalue weighted by atomic mass is 9.72. The standard InChI is InChI=1S/C46H64N6O4S4.8H2S/c1-26(47-7)42(57)50-32-19-21-59-35-24-45(3,4)38(37(35)39(32)54)34(53)23-30-13-11-28(12-14-30)9-10-29-15-17-31(18-16-29)49-41(55)40-46(5,6)25-36-52(40)44(56)33(20-22-60-36)51-43(58)27(2)48-8;;;;;;;;/h11-18,26-27,32-33,35-38,40,47-48H,9-10,19-25H2,1-8H3,(H,49,55)(H,50,57)(H,51,58);8*1H2/t26-,27-,32-,33-,35-,36-,37?,38-,40?;;;;;;;;/m0......../s1. The first kappa shape index (κ1) is 72.2. The van der Waals surface area contributed by atoms with Gasteiger partial charge in [0.15, 0.2) is 5.78 Å². The van der Waals surface area contributed by atoms with E-state index in [9.17, 15) is 19.2 Å². The van der Waals surface area contributed by atoms with Crippen molar-refractivity contribution in [3.8, 4) is 0 Å². The van der Waals surface area contributed by atoms with Crippen molar-refractivity contribution in [3.63, 3.8) is 0 Å². The van der Waals surface area contributed by atoms with Gasteiger partial charge in [0.25, 0.3) is 0 Å². The average molecular weight is 1170 g/mol. The maximum absolute atomic E-state index is 14.1. The Morgan fingerprint density at radius 1 is 0.691 bits per heavy atom. The van der Waals surface area contributed by atoms with Gasteiger partial charge in [-0.15, -0.1) is 11.8 Å². The zero-order valence-corrected chi connectivity index (χ0v) is 51.7. The molecular weight excluding hydrogens is 1090 g/mol. The minimum atomic E-state index is -0.607. The number of thiocarbonyl (C=S) groups is 2. The highest BCUT2D eigenvalue weighted by Gasteiger charge is 2.56. The number of carbonyl (C=O) groups excluding carboxylic acids is 4. The second kappa shape index (κ2) is 31.6. The van der Waals surface area contributed by atoms with Crippen LogP contribution in [-0.4, -0.2) is 105 Å². The first-order valence-electron chi connectivity index (χ1n) is 21.5. The highest BCUT2D eigenvalue weighted by atomic mass is 32.2. The number of likely N-dealkylation sites (N-methyl/N-ethyl adjacent to an activating group) is 2. The van der Waals surface area contributed by atoms with E-state index in [1.54, 1.807) is 11.8 Å². The highest BCUT2D eigenvalue weighted by molar-refractivity contribution is 8.00. The van der Waals surface area contributed by atoms with Gasteiger partial charge in [0.05, 0.1) is 33.5 Å². The molecule has 22 heteroatoms. The normalized spacial score (nSPS) is 24.8. The number of amides is 2. The minimum Gasteiger partial charge on any atom is -0.369 e. The summed E-state index contributed by atoms with van der Waals surface area (Å²) in [5.74, 6) is 1.05. The Hall–Kier alpha value is -0.0800. The lowest BCUT2D eigenvalue weighted by Gasteiger charge is -2.34. The molecule has 68 heavy (non-hydrogen) atoms. The highest BCUT2D eigenvalue weighted by Crippen LogP contribution is 2.53. The van der Waals surface area contributed by atoms with E-state index >= 15 is 0 Å². The van der Waals surface area contributed by atoms with Gasteiger partial charge in [-0.3, -0.25) is 19.2 Å². The van der Waals surface area contributed by atoms with E-state index in [2.05, 4.69) is 78.5 Å². The molecular formula is C46H80N6O4S12. The van der Waals surface area contributed by atoms with Crippen LogP contribution in [0.25, 0.3) is 0 Å². The molecule has 3 saturated heterocycles. The fourth-order valence-electron chi connectivity index (χ4n) is 9.57. The summed E-state index contributed by atoms with van der Waals surface area (Å²) in [7, 11) is 3.69. The predicted molar refractivity (Wildman–Crippen MR) is 338 cm³/mol. The van der Waals surface area contributed by atoms with Crippen LogP contribution in [0.1, 0.15) is 83.9 Å². The summed E-state index contributed by atoms with van der Waals surface area (Å²) in [5, 5.41) is 16.1. The molecule has 3 aliphatic heterocycles. The Bertz CT molecular complexity index is 1810. The molecule has 6 rings (SSSR count). The van der Waals surface area contributed by atoms with Crippen LogP contribution in [0.2, 0.25) is 0 Å². The minimum absolute atomic E-state index is 0. The maximum atomic E-state index is 14.1. The predicted octanol–water partition coefficient (Wildman–Crippen LogP) is 7.04. The number of hydrogen-bond donors (Lipinski definition) is 5. The van der Waals surface area contributed by atoms with Gasteiger partial charge in [0.2, 0.25) is 11.8 Å². The number of thioether (sulfide) groups is 2. The smallest absolute Gasteiger partial charge is 0.247 e. The van der Waals surface area contributed by atoms with Crippen LogP contribution in [0, 0.1) is 22.7 Å². The molecule has 1 saturated carbocycles. The van der Waals surface area contributed by atoms with Crippen LogP contribution in [0.5, 0.6) is 0 Å². The van der Waals surface area contributed by atoms with Gasteiger partial charge < -0.3 is 31.5 Å². The number of nitrogens with one attached hydrogen (secondary N) is 5. The second-order valence-corrected chi connectivity index (χ2v) is 22.1. The number of nitrogens with zero attached hydrogens (tertiary/aromatic N) is 1. The van der Waals surface area contributed by atoms with E-state index < -0.39 is 17.5 Å². The third kappa shape index (κ3) is 17.2. The van der Waals surface area contributed by atoms with E-state index in [1.165, 1.54) is 5.56 Å². The number of rotatable bonds is 14. The lowest BCUT2D eigenvalue weighted by Crippen LogP contribution is -2.56. The van der Waals surface area contributed by atoms with Crippen molar-refractivity contribution < 1.29 is 19.2 Å². The molecule has 2 unspecified atom stereocenters. The molecule has 4 fully saturated rings. The molecule has 5 N–H and O–H groups in total. The number of benzene rings is 2. The summed E-state index contributed by atoms with van der Waals surface area (Å²) in [4.78, 5) is 59.2. The quantitative estimate of drug-likeness (QED) is 0.125. The van der Waals surface area contributed by atoms with Crippen molar-refractivity contribution in [2.45, 2.75) is 127 Å². The van der Waals surface area contributed by atoms with Gasteiger partial charge in [-0.05, 0) is 118 Å². The van der Waals surface area contributed by atoms with Gasteiger partial charge in [0.1, 0.15) is 17.9 Å². The maximum Gasteiger partial charge on any atom is 0.247 e. The number of fused-ring (bicyclic) bond motifs is 2. The molecule has 0 bridgehead atoms. The molecule has 3 heterocycles. The van der Waals surface area contributed by atoms with Crippen LogP contribution in [0.15, 0.2) is 48.5 Å². The van der Waals surface area contributed by atoms with Crippen molar-refractivity contribution in [1.82, 2.24) is 26.2 Å². The number of aryl methyl sites for hydroxylation is 2. The average Bonchev–Trinajstić information content (AvgIpc) is 3.53. The molecule has 390 valence electrons. The first-order chi connectivity index (χ1) is 28.4. The fraction of sp³-hybridized carbons (Fsp3) is 0.609. The van der Waals surface area contributed by atoms with Crippen LogP contribution in [0.4, 0.5) is 5.69 Å². The summed E-state index contributed by atoms with van der Waals surface area (Å²) in [6, 6.07) is 14.7. The molecule has 2 aromatic rings. The fourth-order valence-corrected chi connectivity index (χ4v) is 13.4. The first-order valence-corrected chi connectivity index (χ1v) is 24.4. The Labute approximate surface area is 482 Å². The van der Waals surface area contributed by atoms with Crippen molar-refractivity contribution in [2.24, 2.45) is 22.7 Å². The van der Waals surface area contributed by atoms with Crippen LogP contribution >= 0.6 is 156 Å². The number of carbonyl (C=O) groups is 4. The molecule has 1 aliphatic carbocycles. The zero-order valence-electron chi connectivity index (χ0n) is 40.4. The molecule has 0 radical (unpaired) electrons. The van der Waals surface area contributed by atoms with Crippen molar-refractivity contribution in [3.05, 3.63) is 65.2 Å². The van der Waals surface area contributed by atoms with Crippen molar-refractivity contribution in [1.29, 1.82) is 0 Å². The third-order valence-electron chi connectivity index (χ3n) is 13.2. The van der Waals surface area contributed by atoms with Crippen LogP contribution in [-0.2, 0) is 38.4 Å². The summed E-state index contributed by atoms with van der Waals surface area (Å²) < 4.78 is 0. The van der Waals surface area contributed by atoms with Crippen molar-refractivity contribution in [2.75, 3.05) is 30.9 Å². The Morgan fingerprint density at radius 2 is 1.16 bits per heavy atom.